The van der Waals surface area contributed by atoms with E-state index < -0.39 is 0 Å². The molecule has 112 valence electrons. The number of hydrogen-bond acceptors (Lipinski definition) is 3. The van der Waals surface area contributed by atoms with Gasteiger partial charge in [-0.05, 0) is 43.2 Å². The van der Waals surface area contributed by atoms with E-state index in [1.54, 1.807) is 0 Å². The fourth-order valence-corrected chi connectivity index (χ4v) is 4.26. The minimum atomic E-state index is -0.212. The molecule has 21 heavy (non-hydrogen) atoms. The molecule has 2 heterocycles. The number of aliphatic hydroxyl groups excluding tert-OH is 1. The highest BCUT2D eigenvalue weighted by molar-refractivity contribution is 6.00. The van der Waals surface area contributed by atoms with Crippen LogP contribution in [0.3, 0.4) is 0 Å². The van der Waals surface area contributed by atoms with Crippen LogP contribution in [0.2, 0.25) is 0 Å². The van der Waals surface area contributed by atoms with Crippen LogP contribution in [0.25, 0.3) is 0 Å². The molecule has 2 fully saturated rings. The zero-order chi connectivity index (χ0) is 14.4. The molecular weight excluding hydrogens is 264 g/mol. The molecule has 0 spiro atoms. The number of para-hydroxylation sites is 1. The zero-order valence-electron chi connectivity index (χ0n) is 12.2. The van der Waals surface area contributed by atoms with Gasteiger partial charge in [-0.25, -0.2) is 0 Å². The Bertz CT molecular complexity index is 572. The molecule has 4 nitrogen and oxygen atoms in total. The van der Waals surface area contributed by atoms with Crippen molar-refractivity contribution in [3.8, 4) is 0 Å². The van der Waals surface area contributed by atoms with Crippen molar-refractivity contribution in [3.63, 3.8) is 0 Å². The second-order valence-electron chi connectivity index (χ2n) is 6.65. The lowest BCUT2D eigenvalue weighted by Gasteiger charge is -2.24. The first kappa shape index (κ1) is 13.1. The monoisotopic (exact) mass is 286 g/mol. The number of hydrogen-bond donors (Lipinski definition) is 2. The number of carbonyl (C=O) groups is 1. The summed E-state index contributed by atoms with van der Waals surface area (Å²) in [5, 5.41) is 13.4. The Morgan fingerprint density at radius 1 is 1.29 bits per heavy atom. The van der Waals surface area contributed by atoms with E-state index in [0.717, 1.165) is 50.0 Å². The van der Waals surface area contributed by atoms with Gasteiger partial charge in [0.05, 0.1) is 17.4 Å². The van der Waals surface area contributed by atoms with Crippen molar-refractivity contribution in [2.24, 2.45) is 11.8 Å². The SMILES string of the molecule is O=C(c1cccc2c1NCCC2)N1CC2CCC(O)C2C1. The third-order valence-electron chi connectivity index (χ3n) is 5.41. The number of carbonyl (C=O) groups excluding carboxylic acids is 1. The topological polar surface area (TPSA) is 52.6 Å². The number of aliphatic hydroxyl groups is 1. The Morgan fingerprint density at radius 2 is 2.19 bits per heavy atom. The van der Waals surface area contributed by atoms with E-state index in [9.17, 15) is 9.90 Å². The summed E-state index contributed by atoms with van der Waals surface area (Å²) in [6.07, 6.45) is 3.93. The molecule has 1 saturated heterocycles. The Kier molecular flexibility index (Phi) is 3.14. The molecule has 1 saturated carbocycles. The fraction of sp³-hybridized carbons (Fsp3) is 0.588. The Hall–Kier alpha value is -1.55. The van der Waals surface area contributed by atoms with Gasteiger partial charge in [-0.3, -0.25) is 4.79 Å². The molecule has 4 rings (SSSR count). The molecule has 3 atom stereocenters. The molecule has 1 aromatic rings. The predicted octanol–water partition coefficient (Wildman–Crippen LogP) is 1.89. The van der Waals surface area contributed by atoms with Crippen molar-refractivity contribution in [1.82, 2.24) is 4.90 Å². The number of benzene rings is 1. The predicted molar refractivity (Wildman–Crippen MR) is 81.4 cm³/mol. The molecule has 1 aliphatic carbocycles. The number of fused-ring (bicyclic) bond motifs is 2. The highest BCUT2D eigenvalue weighted by Crippen LogP contribution is 2.39. The van der Waals surface area contributed by atoms with Gasteiger partial charge in [-0.15, -0.1) is 0 Å². The maximum absolute atomic E-state index is 12.9. The van der Waals surface area contributed by atoms with Crippen LogP contribution in [-0.2, 0) is 6.42 Å². The molecule has 0 radical (unpaired) electrons. The summed E-state index contributed by atoms with van der Waals surface area (Å²) in [5.74, 6) is 0.917. The molecule has 3 aliphatic rings. The van der Waals surface area contributed by atoms with Gasteiger partial charge in [0, 0.05) is 25.6 Å². The average Bonchev–Trinajstić information content (AvgIpc) is 3.08. The van der Waals surface area contributed by atoms with Crippen LogP contribution in [0.5, 0.6) is 0 Å². The molecule has 2 N–H and O–H groups in total. The Labute approximate surface area is 125 Å². The second-order valence-corrected chi connectivity index (χ2v) is 6.65. The molecule has 3 unspecified atom stereocenters. The first-order chi connectivity index (χ1) is 10.2. The second kappa shape index (κ2) is 5.02. The first-order valence-corrected chi connectivity index (χ1v) is 8.07. The largest absolute Gasteiger partial charge is 0.393 e. The number of nitrogens with zero attached hydrogens (tertiary/aromatic N) is 1. The zero-order valence-corrected chi connectivity index (χ0v) is 12.2. The van der Waals surface area contributed by atoms with Crippen molar-refractivity contribution in [2.75, 3.05) is 25.0 Å². The summed E-state index contributed by atoms with van der Waals surface area (Å²) < 4.78 is 0. The minimum absolute atomic E-state index is 0.128. The maximum Gasteiger partial charge on any atom is 0.255 e. The number of likely N-dealkylation sites (tertiary alicyclic amines) is 1. The third kappa shape index (κ3) is 2.13. The van der Waals surface area contributed by atoms with Crippen LogP contribution in [0.15, 0.2) is 18.2 Å². The summed E-state index contributed by atoms with van der Waals surface area (Å²) in [7, 11) is 0. The molecule has 0 bridgehead atoms. The van der Waals surface area contributed by atoms with Gasteiger partial charge in [0.1, 0.15) is 0 Å². The van der Waals surface area contributed by atoms with Gasteiger partial charge in [-0.1, -0.05) is 12.1 Å². The van der Waals surface area contributed by atoms with Crippen LogP contribution < -0.4 is 5.32 Å². The molecule has 4 heteroatoms. The summed E-state index contributed by atoms with van der Waals surface area (Å²) in [6, 6.07) is 6.04. The van der Waals surface area contributed by atoms with Crippen LogP contribution >= 0.6 is 0 Å². The number of rotatable bonds is 1. The van der Waals surface area contributed by atoms with Gasteiger partial charge in [0.2, 0.25) is 0 Å². The summed E-state index contributed by atoms with van der Waals surface area (Å²) in [6.45, 7) is 2.47. The Balaban J connectivity index is 1.59. The molecular formula is C17H22N2O2. The fourth-order valence-electron chi connectivity index (χ4n) is 4.26. The molecule has 1 amide bonds. The number of anilines is 1. The van der Waals surface area contributed by atoms with Gasteiger partial charge in [0.15, 0.2) is 0 Å². The van der Waals surface area contributed by atoms with Crippen molar-refractivity contribution < 1.29 is 9.90 Å². The molecule has 1 aromatic carbocycles. The van der Waals surface area contributed by atoms with E-state index in [0.29, 0.717) is 18.4 Å². The molecule has 2 aliphatic heterocycles. The minimum Gasteiger partial charge on any atom is -0.393 e. The van der Waals surface area contributed by atoms with E-state index >= 15 is 0 Å². The summed E-state index contributed by atoms with van der Waals surface area (Å²) in [5.41, 5.74) is 3.10. The smallest absolute Gasteiger partial charge is 0.255 e. The standard InChI is InChI=1S/C17H22N2O2/c20-15-7-6-12-9-19(10-14(12)15)17(21)13-5-1-3-11-4-2-8-18-16(11)13/h1,3,5,12,14-15,18,20H,2,4,6-10H2. The first-order valence-electron chi connectivity index (χ1n) is 8.07. The van der Waals surface area contributed by atoms with E-state index in [2.05, 4.69) is 11.4 Å². The Morgan fingerprint density at radius 3 is 3.05 bits per heavy atom. The van der Waals surface area contributed by atoms with Gasteiger partial charge >= 0.3 is 0 Å². The lowest BCUT2D eigenvalue weighted by Crippen LogP contribution is -2.32. The third-order valence-corrected chi connectivity index (χ3v) is 5.41. The van der Waals surface area contributed by atoms with Gasteiger partial charge in [-0.2, -0.15) is 0 Å². The van der Waals surface area contributed by atoms with Crippen LogP contribution in [0, 0.1) is 11.8 Å². The number of aryl methyl sites for hydroxylation is 1. The molecule has 0 aromatic heterocycles. The van der Waals surface area contributed by atoms with E-state index in [-0.39, 0.29) is 12.0 Å². The van der Waals surface area contributed by atoms with E-state index in [1.165, 1.54) is 5.56 Å². The van der Waals surface area contributed by atoms with Crippen molar-refractivity contribution in [2.45, 2.75) is 31.8 Å². The highest BCUT2D eigenvalue weighted by atomic mass is 16.3. The van der Waals surface area contributed by atoms with Crippen molar-refractivity contribution >= 4 is 11.6 Å². The number of nitrogens with one attached hydrogen (secondary N) is 1. The lowest BCUT2D eigenvalue weighted by atomic mass is 9.99. The highest BCUT2D eigenvalue weighted by Gasteiger charge is 2.43. The van der Waals surface area contributed by atoms with Gasteiger partial charge in [0.25, 0.3) is 5.91 Å². The van der Waals surface area contributed by atoms with E-state index in [1.807, 2.05) is 17.0 Å². The number of amides is 1. The quantitative estimate of drug-likeness (QED) is 0.829. The van der Waals surface area contributed by atoms with Crippen LogP contribution in [-0.4, -0.2) is 41.7 Å². The average molecular weight is 286 g/mol. The summed E-state index contributed by atoms with van der Waals surface area (Å²) >= 11 is 0. The van der Waals surface area contributed by atoms with E-state index in [4.69, 9.17) is 0 Å². The maximum atomic E-state index is 12.9. The van der Waals surface area contributed by atoms with Crippen LogP contribution in [0.4, 0.5) is 5.69 Å². The van der Waals surface area contributed by atoms with Crippen LogP contribution in [0.1, 0.15) is 35.2 Å². The van der Waals surface area contributed by atoms with Crippen molar-refractivity contribution in [3.05, 3.63) is 29.3 Å². The lowest BCUT2D eigenvalue weighted by molar-refractivity contribution is 0.0753. The summed E-state index contributed by atoms with van der Waals surface area (Å²) in [4.78, 5) is 14.8. The normalized spacial score (nSPS) is 30.7. The van der Waals surface area contributed by atoms with Gasteiger partial charge < -0.3 is 15.3 Å². The van der Waals surface area contributed by atoms with Crippen molar-refractivity contribution in [1.29, 1.82) is 0 Å².